The summed E-state index contributed by atoms with van der Waals surface area (Å²) in [6.07, 6.45) is -0.963. The first-order valence-electron chi connectivity index (χ1n) is 7.22. The van der Waals surface area contributed by atoms with E-state index in [4.69, 9.17) is 0 Å². The van der Waals surface area contributed by atoms with Crippen LogP contribution in [0.15, 0.2) is 18.5 Å². The van der Waals surface area contributed by atoms with E-state index >= 15 is 0 Å². The summed E-state index contributed by atoms with van der Waals surface area (Å²) in [5, 5.41) is 9.34. The summed E-state index contributed by atoms with van der Waals surface area (Å²) in [6.45, 7) is 1.64. The molecule has 22 heavy (non-hydrogen) atoms. The number of hydrogen-bond acceptors (Lipinski definition) is 4. The Morgan fingerprint density at radius 3 is 2.68 bits per heavy atom. The lowest BCUT2D eigenvalue weighted by molar-refractivity contribution is -0.184. The van der Waals surface area contributed by atoms with Gasteiger partial charge in [-0.15, -0.1) is 0 Å². The van der Waals surface area contributed by atoms with E-state index in [2.05, 4.69) is 15.7 Å². The molecule has 0 saturated carbocycles. The van der Waals surface area contributed by atoms with Crippen molar-refractivity contribution in [3.63, 3.8) is 0 Å². The zero-order valence-electron chi connectivity index (χ0n) is 12.1. The first-order chi connectivity index (χ1) is 10.5. The minimum absolute atomic E-state index is 0.105. The molecule has 6 nitrogen and oxygen atoms in total. The van der Waals surface area contributed by atoms with E-state index in [1.807, 2.05) is 0 Å². The maximum atomic E-state index is 13.1. The van der Waals surface area contributed by atoms with Crippen LogP contribution < -0.4 is 10.6 Å². The molecule has 1 fully saturated rings. The van der Waals surface area contributed by atoms with Crippen LogP contribution in [-0.4, -0.2) is 65.5 Å². The van der Waals surface area contributed by atoms with Crippen LogP contribution in [0.5, 0.6) is 0 Å². The zero-order valence-corrected chi connectivity index (χ0v) is 12.1. The molecule has 0 aliphatic carbocycles. The number of nitrogens with zero attached hydrogens (tertiary/aromatic N) is 3. The van der Waals surface area contributed by atoms with Gasteiger partial charge in [0.15, 0.2) is 0 Å². The molecule has 0 bridgehead atoms. The van der Waals surface area contributed by atoms with Gasteiger partial charge in [-0.3, -0.25) is 14.4 Å². The number of hydrogen-bond donors (Lipinski definition) is 2. The van der Waals surface area contributed by atoms with Crippen molar-refractivity contribution in [1.29, 1.82) is 0 Å². The summed E-state index contributed by atoms with van der Waals surface area (Å²) in [5.41, 5.74) is 0. The van der Waals surface area contributed by atoms with Gasteiger partial charge in [0.05, 0.1) is 0 Å². The molecule has 1 amide bonds. The van der Waals surface area contributed by atoms with Gasteiger partial charge in [0.25, 0.3) is 0 Å². The van der Waals surface area contributed by atoms with E-state index in [1.54, 1.807) is 23.1 Å². The minimum atomic E-state index is -4.35. The van der Waals surface area contributed by atoms with Crippen molar-refractivity contribution in [2.75, 3.05) is 32.7 Å². The average Bonchev–Trinajstić information content (AvgIpc) is 2.98. The number of halogens is 3. The van der Waals surface area contributed by atoms with Gasteiger partial charge >= 0.3 is 6.18 Å². The normalized spacial score (nSPS) is 18.1. The fraction of sp³-hybridized carbons (Fsp3) is 0.692. The molecular weight excluding hydrogens is 299 g/mol. The van der Waals surface area contributed by atoms with E-state index in [0.717, 1.165) is 0 Å². The third-order valence-corrected chi connectivity index (χ3v) is 3.59. The van der Waals surface area contributed by atoms with E-state index in [0.29, 0.717) is 32.7 Å². The monoisotopic (exact) mass is 319 g/mol. The predicted molar refractivity (Wildman–Crippen MR) is 74.1 cm³/mol. The average molecular weight is 319 g/mol. The van der Waals surface area contributed by atoms with Crippen LogP contribution in [0.3, 0.4) is 0 Å². The first kappa shape index (κ1) is 16.8. The standard InChI is InChI=1S/C13H20F3N5O/c14-13(15,16)11(20-8-4-17-5-9-20)10-18-12(22)2-7-21-6-1-3-19-21/h1,3,6,11,17H,2,4-5,7-10H2,(H,18,22). The van der Waals surface area contributed by atoms with Crippen LogP contribution >= 0.6 is 0 Å². The lowest BCUT2D eigenvalue weighted by Gasteiger charge is -2.35. The molecule has 1 atom stereocenters. The van der Waals surface area contributed by atoms with Crippen molar-refractivity contribution in [2.45, 2.75) is 25.2 Å². The number of carbonyl (C=O) groups excluding carboxylic acids is 1. The molecule has 1 aliphatic heterocycles. The van der Waals surface area contributed by atoms with Crippen LogP contribution in [-0.2, 0) is 11.3 Å². The lowest BCUT2D eigenvalue weighted by atomic mass is 10.2. The molecule has 0 aromatic carbocycles. The van der Waals surface area contributed by atoms with Crippen LogP contribution in [0.2, 0.25) is 0 Å². The SMILES string of the molecule is O=C(CCn1cccn1)NCC(N1CCNCC1)C(F)(F)F. The molecular formula is C13H20F3N5O. The second-order valence-electron chi connectivity index (χ2n) is 5.17. The van der Waals surface area contributed by atoms with Crippen molar-refractivity contribution in [3.05, 3.63) is 18.5 Å². The van der Waals surface area contributed by atoms with Crippen LogP contribution in [0.1, 0.15) is 6.42 Å². The van der Waals surface area contributed by atoms with Gasteiger partial charge in [-0.25, -0.2) is 0 Å². The number of aryl methyl sites for hydroxylation is 1. The second-order valence-corrected chi connectivity index (χ2v) is 5.17. The highest BCUT2D eigenvalue weighted by atomic mass is 19.4. The van der Waals surface area contributed by atoms with Crippen LogP contribution in [0.25, 0.3) is 0 Å². The van der Waals surface area contributed by atoms with Gasteiger partial charge in [0.1, 0.15) is 6.04 Å². The van der Waals surface area contributed by atoms with Gasteiger partial charge in [-0.1, -0.05) is 0 Å². The number of piperazine rings is 1. The predicted octanol–water partition coefficient (Wildman–Crippen LogP) is 0.226. The van der Waals surface area contributed by atoms with Crippen LogP contribution in [0.4, 0.5) is 13.2 Å². The number of aromatic nitrogens is 2. The maximum Gasteiger partial charge on any atom is 0.405 e. The smallest absolute Gasteiger partial charge is 0.354 e. The molecule has 1 saturated heterocycles. The Bertz CT molecular complexity index is 457. The molecule has 2 rings (SSSR count). The Balaban J connectivity index is 1.81. The first-order valence-corrected chi connectivity index (χ1v) is 7.22. The summed E-state index contributed by atoms with van der Waals surface area (Å²) in [7, 11) is 0. The van der Waals surface area contributed by atoms with Crippen LogP contribution in [0, 0.1) is 0 Å². The molecule has 1 aromatic heterocycles. The highest BCUT2D eigenvalue weighted by molar-refractivity contribution is 5.75. The molecule has 9 heteroatoms. The molecule has 2 N–H and O–H groups in total. The van der Waals surface area contributed by atoms with Crippen molar-refractivity contribution < 1.29 is 18.0 Å². The third-order valence-electron chi connectivity index (χ3n) is 3.59. The summed E-state index contributed by atoms with van der Waals surface area (Å²) in [4.78, 5) is 13.1. The van der Waals surface area contributed by atoms with Gasteiger partial charge < -0.3 is 10.6 Å². The molecule has 1 aliphatic rings. The number of amides is 1. The topological polar surface area (TPSA) is 62.2 Å². The number of alkyl halides is 3. The number of nitrogens with one attached hydrogen (secondary N) is 2. The van der Waals surface area contributed by atoms with E-state index < -0.39 is 24.7 Å². The fourth-order valence-corrected chi connectivity index (χ4v) is 2.39. The number of carbonyl (C=O) groups is 1. The largest absolute Gasteiger partial charge is 0.405 e. The van der Waals surface area contributed by atoms with Gasteiger partial charge in [-0.2, -0.15) is 18.3 Å². The highest BCUT2D eigenvalue weighted by Gasteiger charge is 2.43. The van der Waals surface area contributed by atoms with E-state index in [1.165, 1.54) is 4.90 Å². The molecule has 0 spiro atoms. The summed E-state index contributed by atoms with van der Waals surface area (Å²) < 4.78 is 41.0. The van der Waals surface area contributed by atoms with Crippen molar-refractivity contribution in [1.82, 2.24) is 25.3 Å². The molecule has 1 unspecified atom stereocenters. The zero-order chi connectivity index (χ0) is 16.0. The lowest BCUT2D eigenvalue weighted by Crippen LogP contribution is -2.57. The molecule has 0 radical (unpaired) electrons. The minimum Gasteiger partial charge on any atom is -0.354 e. The van der Waals surface area contributed by atoms with Crippen molar-refractivity contribution in [3.8, 4) is 0 Å². The Labute approximate surface area is 126 Å². The summed E-state index contributed by atoms with van der Waals surface area (Å²) in [6, 6.07) is 0.0883. The maximum absolute atomic E-state index is 13.1. The Kier molecular flexibility index (Phi) is 5.78. The number of rotatable bonds is 6. The van der Waals surface area contributed by atoms with Gasteiger partial charge in [-0.05, 0) is 6.07 Å². The van der Waals surface area contributed by atoms with Gasteiger partial charge in [0.2, 0.25) is 5.91 Å². The second kappa shape index (κ2) is 7.59. The van der Waals surface area contributed by atoms with Crippen molar-refractivity contribution in [2.24, 2.45) is 0 Å². The van der Waals surface area contributed by atoms with Crippen molar-refractivity contribution >= 4 is 5.91 Å². The Morgan fingerprint density at radius 1 is 1.36 bits per heavy atom. The Hall–Kier alpha value is -1.61. The molecule has 2 heterocycles. The Morgan fingerprint density at radius 2 is 2.09 bits per heavy atom. The fourth-order valence-electron chi connectivity index (χ4n) is 2.39. The van der Waals surface area contributed by atoms with E-state index in [9.17, 15) is 18.0 Å². The summed E-state index contributed by atoms with van der Waals surface area (Å²) in [5.74, 6) is -0.403. The van der Waals surface area contributed by atoms with Gasteiger partial charge in [0, 0.05) is 58.1 Å². The highest BCUT2D eigenvalue weighted by Crippen LogP contribution is 2.24. The molecule has 124 valence electrons. The molecule has 1 aromatic rings. The third kappa shape index (κ3) is 4.99. The quantitative estimate of drug-likeness (QED) is 0.788. The van der Waals surface area contributed by atoms with E-state index in [-0.39, 0.29) is 6.42 Å². The summed E-state index contributed by atoms with van der Waals surface area (Å²) >= 11 is 0.